The van der Waals surface area contributed by atoms with Gasteiger partial charge in [0.15, 0.2) is 0 Å². The number of carbonyl (C=O) groups excluding carboxylic acids is 2. The highest BCUT2D eigenvalue weighted by molar-refractivity contribution is 5.85. The van der Waals surface area contributed by atoms with Gasteiger partial charge in [-0.25, -0.2) is 0 Å². The van der Waals surface area contributed by atoms with Gasteiger partial charge in [0.05, 0.1) is 0 Å². The number of rotatable bonds is 9. The first-order valence-corrected chi connectivity index (χ1v) is 8.43. The second kappa shape index (κ2) is 12.7. The Morgan fingerprint density at radius 3 is 2.36 bits per heavy atom. The van der Waals surface area contributed by atoms with Crippen LogP contribution in [0.1, 0.15) is 64.7 Å². The predicted molar refractivity (Wildman–Crippen MR) is 92.0 cm³/mol. The van der Waals surface area contributed by atoms with E-state index in [0.29, 0.717) is 38.3 Å². The van der Waals surface area contributed by atoms with Crippen molar-refractivity contribution >= 4 is 24.2 Å². The summed E-state index contributed by atoms with van der Waals surface area (Å²) in [6, 6.07) is 0.103. The van der Waals surface area contributed by atoms with Crippen molar-refractivity contribution < 1.29 is 9.59 Å². The van der Waals surface area contributed by atoms with Gasteiger partial charge < -0.3 is 16.4 Å². The lowest BCUT2D eigenvalue weighted by Crippen LogP contribution is -2.45. The molecule has 1 rings (SSSR count). The van der Waals surface area contributed by atoms with Gasteiger partial charge in [-0.15, -0.1) is 12.4 Å². The molecule has 0 radical (unpaired) electrons. The first kappa shape index (κ1) is 21.2. The van der Waals surface area contributed by atoms with E-state index in [0.717, 1.165) is 6.42 Å². The Bertz CT molecular complexity index is 321. The Morgan fingerprint density at radius 1 is 1.14 bits per heavy atom. The predicted octanol–water partition coefficient (Wildman–Crippen LogP) is 2.13. The van der Waals surface area contributed by atoms with Gasteiger partial charge in [-0.2, -0.15) is 0 Å². The third-order valence-electron chi connectivity index (χ3n) is 4.20. The molecule has 0 aromatic heterocycles. The summed E-state index contributed by atoms with van der Waals surface area (Å²) in [4.78, 5) is 23.4. The van der Waals surface area contributed by atoms with E-state index in [4.69, 9.17) is 5.73 Å². The molecule has 0 saturated heterocycles. The zero-order valence-electron chi connectivity index (χ0n) is 13.7. The fourth-order valence-corrected chi connectivity index (χ4v) is 2.95. The quantitative estimate of drug-likeness (QED) is 0.604. The maximum Gasteiger partial charge on any atom is 0.220 e. The van der Waals surface area contributed by atoms with Gasteiger partial charge in [0.2, 0.25) is 11.8 Å². The molecule has 1 aliphatic carbocycles. The second-order valence-corrected chi connectivity index (χ2v) is 6.01. The average Bonchev–Trinajstić information content (AvgIpc) is 2.51. The summed E-state index contributed by atoms with van der Waals surface area (Å²) in [5.74, 6) is 0.590. The topological polar surface area (TPSA) is 84.2 Å². The van der Waals surface area contributed by atoms with Gasteiger partial charge in [-0.3, -0.25) is 9.59 Å². The number of nitrogens with one attached hydrogen (secondary N) is 2. The van der Waals surface area contributed by atoms with E-state index in [1.807, 2.05) is 6.92 Å². The van der Waals surface area contributed by atoms with Gasteiger partial charge in [-0.05, 0) is 31.6 Å². The van der Waals surface area contributed by atoms with Crippen LogP contribution in [-0.4, -0.2) is 30.9 Å². The highest BCUT2D eigenvalue weighted by Gasteiger charge is 2.23. The van der Waals surface area contributed by atoms with Gasteiger partial charge in [0.25, 0.3) is 0 Å². The Morgan fingerprint density at radius 2 is 1.77 bits per heavy atom. The monoisotopic (exact) mass is 333 g/mol. The van der Waals surface area contributed by atoms with Crippen LogP contribution in [0, 0.1) is 5.92 Å². The molecule has 0 aromatic carbocycles. The van der Waals surface area contributed by atoms with Crippen molar-refractivity contribution in [1.29, 1.82) is 0 Å². The molecule has 0 aliphatic heterocycles. The van der Waals surface area contributed by atoms with Crippen LogP contribution in [0.3, 0.4) is 0 Å². The molecule has 5 nitrogen and oxygen atoms in total. The van der Waals surface area contributed by atoms with Gasteiger partial charge >= 0.3 is 0 Å². The molecule has 1 fully saturated rings. The minimum Gasteiger partial charge on any atom is -0.356 e. The molecule has 0 aromatic rings. The van der Waals surface area contributed by atoms with Gasteiger partial charge in [0.1, 0.15) is 0 Å². The first-order valence-electron chi connectivity index (χ1n) is 8.43. The molecule has 22 heavy (non-hydrogen) atoms. The molecular weight excluding hydrogens is 302 g/mol. The maximum atomic E-state index is 12.0. The summed E-state index contributed by atoms with van der Waals surface area (Å²) in [5, 5.41) is 5.88. The van der Waals surface area contributed by atoms with Crippen LogP contribution in [0.25, 0.3) is 0 Å². The number of hydrogen-bond acceptors (Lipinski definition) is 3. The molecular formula is C16H32ClN3O2. The average molecular weight is 334 g/mol. The van der Waals surface area contributed by atoms with E-state index in [1.54, 1.807) is 0 Å². The Labute approximate surface area is 140 Å². The molecule has 4 N–H and O–H groups in total. The van der Waals surface area contributed by atoms with E-state index in [-0.39, 0.29) is 30.3 Å². The van der Waals surface area contributed by atoms with E-state index >= 15 is 0 Å². The number of nitrogens with two attached hydrogens (primary N) is 1. The van der Waals surface area contributed by atoms with Crippen LogP contribution in [0.4, 0.5) is 0 Å². The van der Waals surface area contributed by atoms with Crippen LogP contribution in [0.5, 0.6) is 0 Å². The first-order chi connectivity index (χ1) is 10.2. The molecule has 1 saturated carbocycles. The zero-order valence-corrected chi connectivity index (χ0v) is 14.6. The van der Waals surface area contributed by atoms with E-state index in [2.05, 4.69) is 10.6 Å². The standard InChI is InChI=1S/C16H31N3O2.ClH/c1-2-11-18-15(20)9-6-10-16(21)19-14(12-17)13-7-4-3-5-8-13;/h13-14H,2-12,17H2,1H3,(H,18,20)(H,19,21);1H. The third kappa shape index (κ3) is 8.59. The van der Waals surface area contributed by atoms with Crippen LogP contribution in [-0.2, 0) is 9.59 Å². The van der Waals surface area contributed by atoms with E-state index in [9.17, 15) is 9.59 Å². The lowest BCUT2D eigenvalue weighted by atomic mass is 9.84. The fourth-order valence-electron chi connectivity index (χ4n) is 2.95. The number of hydrogen-bond donors (Lipinski definition) is 3. The lowest BCUT2D eigenvalue weighted by Gasteiger charge is -2.30. The van der Waals surface area contributed by atoms with Crippen molar-refractivity contribution in [3.05, 3.63) is 0 Å². The van der Waals surface area contributed by atoms with Gasteiger partial charge in [0, 0.05) is 32.0 Å². The lowest BCUT2D eigenvalue weighted by molar-refractivity contribution is -0.123. The molecule has 1 atom stereocenters. The molecule has 0 heterocycles. The summed E-state index contributed by atoms with van der Waals surface area (Å²) in [6.45, 7) is 3.24. The van der Waals surface area contributed by atoms with E-state index < -0.39 is 0 Å². The zero-order chi connectivity index (χ0) is 15.5. The van der Waals surface area contributed by atoms with Crippen LogP contribution in [0.15, 0.2) is 0 Å². The van der Waals surface area contributed by atoms with E-state index in [1.165, 1.54) is 32.1 Å². The number of amides is 2. The van der Waals surface area contributed by atoms with Crippen LogP contribution >= 0.6 is 12.4 Å². The highest BCUT2D eigenvalue weighted by atomic mass is 35.5. The summed E-state index contributed by atoms with van der Waals surface area (Å²) in [5.41, 5.74) is 5.80. The molecule has 2 amide bonds. The highest BCUT2D eigenvalue weighted by Crippen LogP contribution is 2.26. The summed E-state index contributed by atoms with van der Waals surface area (Å²) in [6.07, 6.45) is 8.49. The van der Waals surface area contributed by atoms with Crippen molar-refractivity contribution in [3.63, 3.8) is 0 Å². The Kier molecular flexibility index (Phi) is 12.2. The molecule has 130 valence electrons. The third-order valence-corrected chi connectivity index (χ3v) is 4.20. The number of halogens is 1. The minimum atomic E-state index is 0. The van der Waals surface area contributed by atoms with Crippen molar-refractivity contribution in [2.45, 2.75) is 70.8 Å². The largest absolute Gasteiger partial charge is 0.356 e. The molecule has 1 aliphatic rings. The second-order valence-electron chi connectivity index (χ2n) is 6.01. The summed E-state index contributed by atoms with van der Waals surface area (Å²) in [7, 11) is 0. The van der Waals surface area contributed by atoms with Crippen LogP contribution in [0.2, 0.25) is 0 Å². The molecule has 6 heteroatoms. The Balaban J connectivity index is 0.00000441. The number of carbonyl (C=O) groups is 2. The summed E-state index contributed by atoms with van der Waals surface area (Å²) >= 11 is 0. The SMILES string of the molecule is CCCNC(=O)CCCC(=O)NC(CN)C1CCCCC1.Cl. The van der Waals surface area contributed by atoms with Crippen molar-refractivity contribution in [1.82, 2.24) is 10.6 Å². The van der Waals surface area contributed by atoms with Gasteiger partial charge in [-0.1, -0.05) is 26.2 Å². The normalized spacial score (nSPS) is 16.5. The van der Waals surface area contributed by atoms with Crippen molar-refractivity contribution in [3.8, 4) is 0 Å². The smallest absolute Gasteiger partial charge is 0.220 e. The fraction of sp³-hybridized carbons (Fsp3) is 0.875. The maximum absolute atomic E-state index is 12.0. The minimum absolute atomic E-state index is 0. The van der Waals surface area contributed by atoms with Crippen molar-refractivity contribution in [2.24, 2.45) is 11.7 Å². The van der Waals surface area contributed by atoms with Crippen molar-refractivity contribution in [2.75, 3.05) is 13.1 Å². The molecule has 1 unspecified atom stereocenters. The summed E-state index contributed by atoms with van der Waals surface area (Å²) < 4.78 is 0. The van der Waals surface area contributed by atoms with Crippen LogP contribution < -0.4 is 16.4 Å². The molecule has 0 spiro atoms. The Hall–Kier alpha value is -0.810. The molecule has 0 bridgehead atoms.